The molecule has 0 spiro atoms. The van der Waals surface area contributed by atoms with Crippen molar-refractivity contribution >= 4 is 11.9 Å². The number of hydrogen-bond acceptors (Lipinski definition) is 2. The number of rotatable bonds is 3. The molecule has 0 bridgehead atoms. The molecular weight excluding hydrogens is 242 g/mol. The Balaban J connectivity index is 1.41. The topological polar surface area (TPSA) is 66.4 Å². The van der Waals surface area contributed by atoms with Crippen molar-refractivity contribution in [2.45, 2.75) is 24.8 Å². The molecule has 4 rings (SSSR count). The molecule has 1 aromatic carbocycles. The summed E-state index contributed by atoms with van der Waals surface area (Å²) in [4.78, 5) is 22.7. The molecule has 3 aliphatic rings. The molecule has 0 radical (unpaired) electrons. The van der Waals surface area contributed by atoms with Gasteiger partial charge in [-0.25, -0.2) is 0 Å². The fraction of sp³-hybridized carbons (Fsp3) is 0.467. The van der Waals surface area contributed by atoms with Crippen LogP contribution in [-0.2, 0) is 16.0 Å². The van der Waals surface area contributed by atoms with Gasteiger partial charge in [0.05, 0.1) is 11.8 Å². The monoisotopic (exact) mass is 257 g/mol. The molecule has 3 aliphatic carbocycles. The Morgan fingerprint density at radius 2 is 2.00 bits per heavy atom. The number of carboxylic acids is 1. The van der Waals surface area contributed by atoms with Gasteiger partial charge in [-0.2, -0.15) is 0 Å². The first kappa shape index (κ1) is 11.0. The fourth-order valence-corrected chi connectivity index (χ4v) is 3.58. The molecular formula is C15H15NO3. The highest BCUT2D eigenvalue weighted by Crippen LogP contribution is 2.56. The zero-order valence-electron chi connectivity index (χ0n) is 10.4. The van der Waals surface area contributed by atoms with Crippen LogP contribution in [-0.4, -0.2) is 23.0 Å². The first-order valence-electron chi connectivity index (χ1n) is 6.78. The minimum atomic E-state index is -0.846. The molecule has 4 heteroatoms. The molecule has 1 aromatic rings. The van der Waals surface area contributed by atoms with Gasteiger partial charge in [-0.15, -0.1) is 0 Å². The Kier molecular flexibility index (Phi) is 2.08. The van der Waals surface area contributed by atoms with Crippen LogP contribution in [0.4, 0.5) is 0 Å². The molecule has 0 aliphatic heterocycles. The van der Waals surface area contributed by atoms with Crippen LogP contribution in [0, 0.1) is 17.8 Å². The average Bonchev–Trinajstić information content (AvgIpc) is 3.26. The van der Waals surface area contributed by atoms with E-state index in [-0.39, 0.29) is 17.9 Å². The average molecular weight is 257 g/mol. The van der Waals surface area contributed by atoms with E-state index >= 15 is 0 Å². The van der Waals surface area contributed by atoms with Crippen molar-refractivity contribution in [2.75, 3.05) is 0 Å². The molecule has 98 valence electrons. The lowest BCUT2D eigenvalue weighted by atomic mass is 10.1. The van der Waals surface area contributed by atoms with Gasteiger partial charge in [-0.05, 0) is 29.9 Å². The highest BCUT2D eigenvalue weighted by atomic mass is 16.4. The van der Waals surface area contributed by atoms with Crippen LogP contribution in [0.1, 0.15) is 23.5 Å². The standard InChI is InChI=1S/C15H15NO3/c17-14(9-6-10(9)15(18)19)16-13-11-5-7-3-1-2-4-8(7)12(11)13/h1-4,9-13H,5-6H2,(H,16,17)(H,18,19). The van der Waals surface area contributed by atoms with Crippen molar-refractivity contribution in [2.24, 2.45) is 17.8 Å². The maximum Gasteiger partial charge on any atom is 0.307 e. The largest absolute Gasteiger partial charge is 0.481 e. The van der Waals surface area contributed by atoms with E-state index < -0.39 is 11.9 Å². The van der Waals surface area contributed by atoms with Crippen LogP contribution in [0.2, 0.25) is 0 Å². The zero-order valence-corrected chi connectivity index (χ0v) is 10.4. The second-order valence-electron chi connectivity index (χ2n) is 5.91. The van der Waals surface area contributed by atoms with Crippen LogP contribution >= 0.6 is 0 Å². The number of amides is 1. The summed E-state index contributed by atoms with van der Waals surface area (Å²) in [7, 11) is 0. The van der Waals surface area contributed by atoms with Crippen LogP contribution < -0.4 is 5.32 Å². The molecule has 19 heavy (non-hydrogen) atoms. The van der Waals surface area contributed by atoms with Gasteiger partial charge in [-0.3, -0.25) is 9.59 Å². The Hall–Kier alpha value is -1.84. The van der Waals surface area contributed by atoms with E-state index in [0.717, 1.165) is 6.42 Å². The number of hydrogen-bond donors (Lipinski definition) is 2. The smallest absolute Gasteiger partial charge is 0.307 e. The van der Waals surface area contributed by atoms with Crippen molar-refractivity contribution in [1.82, 2.24) is 5.32 Å². The number of carboxylic acid groups (broad SMARTS) is 1. The van der Waals surface area contributed by atoms with Gasteiger partial charge in [0.15, 0.2) is 0 Å². The predicted molar refractivity (Wildman–Crippen MR) is 67.5 cm³/mol. The van der Waals surface area contributed by atoms with E-state index in [9.17, 15) is 9.59 Å². The minimum absolute atomic E-state index is 0.0655. The number of carbonyl (C=O) groups is 2. The normalized spacial score (nSPS) is 37.2. The third kappa shape index (κ3) is 1.59. The van der Waals surface area contributed by atoms with Crippen LogP contribution in [0.5, 0.6) is 0 Å². The summed E-state index contributed by atoms with van der Waals surface area (Å²) < 4.78 is 0. The maximum absolute atomic E-state index is 11.9. The first-order valence-corrected chi connectivity index (χ1v) is 6.78. The lowest BCUT2D eigenvalue weighted by Crippen LogP contribution is -2.31. The number of fused-ring (bicyclic) bond motifs is 3. The number of aliphatic carboxylic acids is 1. The van der Waals surface area contributed by atoms with Gasteiger partial charge in [0.1, 0.15) is 0 Å². The molecule has 0 heterocycles. The summed E-state index contributed by atoms with van der Waals surface area (Å²) in [5.41, 5.74) is 2.77. The molecule has 4 nitrogen and oxygen atoms in total. The van der Waals surface area contributed by atoms with Gasteiger partial charge < -0.3 is 10.4 Å². The van der Waals surface area contributed by atoms with Gasteiger partial charge in [0.25, 0.3) is 0 Å². The lowest BCUT2D eigenvalue weighted by molar-refractivity contribution is -0.140. The summed E-state index contributed by atoms with van der Waals surface area (Å²) in [5, 5.41) is 11.9. The maximum atomic E-state index is 11.9. The van der Waals surface area contributed by atoms with E-state index in [1.54, 1.807) is 0 Å². The molecule has 2 fully saturated rings. The molecule has 5 atom stereocenters. The summed E-state index contributed by atoms with van der Waals surface area (Å²) in [5.74, 6) is -0.670. The highest BCUT2D eigenvalue weighted by molar-refractivity contribution is 5.90. The van der Waals surface area contributed by atoms with Crippen molar-refractivity contribution < 1.29 is 14.7 Å². The SMILES string of the molecule is O=C(O)C1CC1C(=O)NC1C2Cc3ccccc3C21. The van der Waals surface area contributed by atoms with E-state index in [0.29, 0.717) is 18.3 Å². The second kappa shape index (κ2) is 3.59. The molecule has 2 saturated carbocycles. The third-order valence-corrected chi connectivity index (χ3v) is 4.79. The van der Waals surface area contributed by atoms with E-state index in [4.69, 9.17) is 5.11 Å². The summed E-state index contributed by atoms with van der Waals surface area (Å²) in [6.45, 7) is 0. The Morgan fingerprint density at radius 3 is 2.74 bits per heavy atom. The van der Waals surface area contributed by atoms with Crippen LogP contribution in [0.3, 0.4) is 0 Å². The predicted octanol–water partition coefficient (Wildman–Crippen LogP) is 1.16. The van der Waals surface area contributed by atoms with Gasteiger partial charge in [0, 0.05) is 12.0 Å². The molecule has 2 N–H and O–H groups in total. The van der Waals surface area contributed by atoms with Crippen LogP contribution in [0.15, 0.2) is 24.3 Å². The zero-order chi connectivity index (χ0) is 13.1. The second-order valence-corrected chi connectivity index (χ2v) is 5.91. The Morgan fingerprint density at radius 1 is 1.21 bits per heavy atom. The summed E-state index contributed by atoms with van der Waals surface area (Å²) >= 11 is 0. The van der Waals surface area contributed by atoms with E-state index in [1.807, 2.05) is 6.07 Å². The van der Waals surface area contributed by atoms with Crippen molar-refractivity contribution in [3.63, 3.8) is 0 Å². The molecule has 0 saturated heterocycles. The Bertz CT molecular complexity index is 583. The van der Waals surface area contributed by atoms with Gasteiger partial charge in [0.2, 0.25) is 5.91 Å². The van der Waals surface area contributed by atoms with Crippen LogP contribution in [0.25, 0.3) is 0 Å². The van der Waals surface area contributed by atoms with E-state index in [2.05, 4.69) is 23.5 Å². The van der Waals surface area contributed by atoms with Crippen molar-refractivity contribution in [3.8, 4) is 0 Å². The molecule has 0 aromatic heterocycles. The van der Waals surface area contributed by atoms with Gasteiger partial charge >= 0.3 is 5.97 Å². The fourth-order valence-electron chi connectivity index (χ4n) is 3.58. The Labute approximate surface area is 110 Å². The molecule has 5 unspecified atom stereocenters. The quantitative estimate of drug-likeness (QED) is 0.854. The third-order valence-electron chi connectivity index (χ3n) is 4.79. The first-order chi connectivity index (χ1) is 9.16. The number of benzene rings is 1. The number of carbonyl (C=O) groups excluding carboxylic acids is 1. The minimum Gasteiger partial charge on any atom is -0.481 e. The summed E-state index contributed by atoms with van der Waals surface area (Å²) in [6.07, 6.45) is 1.54. The molecule has 1 amide bonds. The highest BCUT2D eigenvalue weighted by Gasteiger charge is 2.58. The van der Waals surface area contributed by atoms with Crippen molar-refractivity contribution in [1.29, 1.82) is 0 Å². The van der Waals surface area contributed by atoms with E-state index in [1.165, 1.54) is 11.1 Å². The van der Waals surface area contributed by atoms with Crippen molar-refractivity contribution in [3.05, 3.63) is 35.4 Å². The summed E-state index contributed by atoms with van der Waals surface area (Å²) in [6, 6.07) is 8.63. The number of nitrogens with one attached hydrogen (secondary N) is 1. The van der Waals surface area contributed by atoms with Gasteiger partial charge in [-0.1, -0.05) is 24.3 Å². The lowest BCUT2D eigenvalue weighted by Gasteiger charge is -2.09.